The first-order chi connectivity index (χ1) is 6.64. The number of nitrogens with zero attached hydrogens (tertiary/aromatic N) is 2. The van der Waals surface area contributed by atoms with Gasteiger partial charge in [-0.1, -0.05) is 0 Å². The highest BCUT2D eigenvalue weighted by Gasteiger charge is 2.65. The molecule has 0 radical (unpaired) electrons. The first-order valence-electron chi connectivity index (χ1n) is 3.55. The van der Waals surface area contributed by atoms with Crippen LogP contribution in [0.4, 0.5) is 0 Å². The summed E-state index contributed by atoms with van der Waals surface area (Å²) in [6.45, 7) is 0.971. The maximum Gasteiger partial charge on any atom is 0.421 e. The number of hydrogen-bond donors (Lipinski definition) is 0. The Morgan fingerprint density at radius 1 is 1.40 bits per heavy atom. The van der Waals surface area contributed by atoms with Crippen LogP contribution in [0.1, 0.15) is 6.92 Å². The average Bonchev–Trinajstić information content (AvgIpc) is 2.27. The highest BCUT2D eigenvalue weighted by Crippen LogP contribution is 2.41. The predicted octanol–water partition coefficient (Wildman–Crippen LogP) is 0.135. The molecule has 1 unspecified atom stereocenters. The number of nitro groups is 2. The van der Waals surface area contributed by atoms with Gasteiger partial charge in [0.25, 0.3) is 15.5 Å². The fourth-order valence-electron chi connectivity index (χ4n) is 1.24. The van der Waals surface area contributed by atoms with Gasteiger partial charge in [-0.25, -0.2) is 8.42 Å². The molecule has 0 N–H and O–H groups in total. The van der Waals surface area contributed by atoms with Gasteiger partial charge < -0.3 is 0 Å². The average molecular weight is 257 g/mol. The van der Waals surface area contributed by atoms with Gasteiger partial charge in [0.2, 0.25) is 0 Å². The molecule has 0 fully saturated rings. The van der Waals surface area contributed by atoms with Crippen molar-refractivity contribution in [2.24, 2.45) is 0 Å². The Morgan fingerprint density at radius 2 is 1.87 bits per heavy atom. The lowest BCUT2D eigenvalue weighted by Crippen LogP contribution is -2.39. The smallest absolute Gasteiger partial charge is 0.261 e. The van der Waals surface area contributed by atoms with Gasteiger partial charge >= 0.3 is 4.33 Å². The Bertz CT molecular complexity index is 482. The van der Waals surface area contributed by atoms with Gasteiger partial charge in [-0.15, -0.1) is 0 Å². The lowest BCUT2D eigenvalue weighted by molar-refractivity contribution is -0.505. The van der Waals surface area contributed by atoms with E-state index in [1.807, 2.05) is 0 Å². The van der Waals surface area contributed by atoms with Gasteiger partial charge in [0.15, 0.2) is 5.75 Å². The van der Waals surface area contributed by atoms with E-state index in [0.29, 0.717) is 0 Å². The second kappa shape index (κ2) is 3.14. The van der Waals surface area contributed by atoms with Crippen molar-refractivity contribution in [3.05, 3.63) is 31.5 Å². The zero-order chi connectivity index (χ0) is 12.0. The minimum absolute atomic E-state index is 0.556. The van der Waals surface area contributed by atoms with Crippen molar-refractivity contribution in [2.75, 3.05) is 5.75 Å². The van der Waals surface area contributed by atoms with Crippen LogP contribution in [0.15, 0.2) is 11.3 Å². The van der Waals surface area contributed by atoms with Crippen LogP contribution in [0, 0.1) is 20.2 Å². The minimum atomic E-state index is -4.38. The second-order valence-corrected chi connectivity index (χ2v) is 5.79. The SMILES string of the molecule is CC1=C([N+](=O)[O-])CS(=O)(=O)C1(Cl)[N+](=O)[O-]. The lowest BCUT2D eigenvalue weighted by atomic mass is 10.2. The molecule has 10 heteroatoms. The van der Waals surface area contributed by atoms with Gasteiger partial charge in [-0.05, 0) is 18.5 Å². The van der Waals surface area contributed by atoms with Crippen molar-refractivity contribution < 1.29 is 18.3 Å². The standard InChI is InChI=1S/C5H5ClN2O6S/c1-3-4(7(9)10)2-15(13,14)5(3,6)8(11)12/h2H2,1H3. The summed E-state index contributed by atoms with van der Waals surface area (Å²) in [5.74, 6) is -1.02. The number of hydrogen-bond acceptors (Lipinski definition) is 6. The molecule has 84 valence electrons. The fourth-order valence-corrected chi connectivity index (χ4v) is 3.19. The molecule has 0 aromatic rings. The molecule has 1 atom stereocenters. The van der Waals surface area contributed by atoms with Crippen molar-refractivity contribution in [2.45, 2.75) is 11.3 Å². The number of rotatable bonds is 2. The third-order valence-corrected chi connectivity index (χ3v) is 5.15. The summed E-state index contributed by atoms with van der Waals surface area (Å²) in [7, 11) is -4.38. The summed E-state index contributed by atoms with van der Waals surface area (Å²) in [4.78, 5) is 18.8. The molecule has 0 amide bonds. The van der Waals surface area contributed by atoms with E-state index < -0.39 is 41.0 Å². The topological polar surface area (TPSA) is 120 Å². The molecule has 0 bridgehead atoms. The second-order valence-electron chi connectivity index (χ2n) is 2.91. The first kappa shape index (κ1) is 11.9. The zero-order valence-corrected chi connectivity index (χ0v) is 8.91. The lowest BCUT2D eigenvalue weighted by Gasteiger charge is -2.10. The highest BCUT2D eigenvalue weighted by molar-refractivity contribution is 7.94. The van der Waals surface area contributed by atoms with Crippen molar-refractivity contribution in [3.8, 4) is 0 Å². The van der Waals surface area contributed by atoms with E-state index >= 15 is 0 Å². The maximum absolute atomic E-state index is 11.3. The van der Waals surface area contributed by atoms with Crippen LogP contribution in [-0.4, -0.2) is 28.3 Å². The van der Waals surface area contributed by atoms with Crippen LogP contribution in [0.3, 0.4) is 0 Å². The van der Waals surface area contributed by atoms with Crippen molar-refractivity contribution in [1.82, 2.24) is 0 Å². The van der Waals surface area contributed by atoms with Gasteiger partial charge in [0, 0.05) is 0 Å². The number of sulfone groups is 1. The molecule has 0 saturated carbocycles. The fraction of sp³-hybridized carbons (Fsp3) is 0.600. The molecular weight excluding hydrogens is 252 g/mol. The Hall–Kier alpha value is -1.22. The number of alkyl halides is 1. The van der Waals surface area contributed by atoms with Crippen molar-refractivity contribution in [1.29, 1.82) is 0 Å². The summed E-state index contributed by atoms with van der Waals surface area (Å²) in [6, 6.07) is 0. The molecular formula is C5H5ClN2O6S. The molecule has 0 saturated heterocycles. The van der Waals surface area contributed by atoms with E-state index in [1.54, 1.807) is 0 Å². The van der Waals surface area contributed by atoms with Crippen LogP contribution >= 0.6 is 11.6 Å². The van der Waals surface area contributed by atoms with Gasteiger partial charge in [0.1, 0.15) is 5.57 Å². The van der Waals surface area contributed by atoms with Crippen molar-refractivity contribution >= 4 is 21.4 Å². The molecule has 1 aliphatic rings. The van der Waals surface area contributed by atoms with Crippen LogP contribution < -0.4 is 0 Å². The van der Waals surface area contributed by atoms with E-state index in [4.69, 9.17) is 11.6 Å². The van der Waals surface area contributed by atoms with Crippen LogP contribution in [-0.2, 0) is 9.84 Å². The largest absolute Gasteiger partial charge is 0.421 e. The quantitative estimate of drug-likeness (QED) is 0.300. The normalized spacial score (nSPS) is 29.2. The van der Waals surface area contributed by atoms with Crippen molar-refractivity contribution in [3.63, 3.8) is 0 Å². The molecule has 0 aromatic heterocycles. The first-order valence-corrected chi connectivity index (χ1v) is 5.58. The predicted molar refractivity (Wildman–Crippen MR) is 49.1 cm³/mol. The summed E-state index contributed by atoms with van der Waals surface area (Å²) >= 11 is 5.34. The molecule has 0 aliphatic carbocycles. The maximum atomic E-state index is 11.3. The molecule has 0 spiro atoms. The van der Waals surface area contributed by atoms with E-state index in [0.717, 1.165) is 6.92 Å². The third kappa shape index (κ3) is 1.38. The van der Waals surface area contributed by atoms with Gasteiger partial charge in [-0.3, -0.25) is 20.2 Å². The van der Waals surface area contributed by atoms with E-state index in [-0.39, 0.29) is 0 Å². The van der Waals surface area contributed by atoms with Crippen LogP contribution in [0.5, 0.6) is 0 Å². The summed E-state index contributed by atoms with van der Waals surface area (Å²) in [5, 5.41) is 21.0. The molecule has 15 heavy (non-hydrogen) atoms. The highest BCUT2D eigenvalue weighted by atomic mass is 35.5. The Kier molecular flexibility index (Phi) is 2.48. The summed E-state index contributed by atoms with van der Waals surface area (Å²) in [6.07, 6.45) is 0. The van der Waals surface area contributed by atoms with Crippen LogP contribution in [0.2, 0.25) is 0 Å². The Morgan fingerprint density at radius 3 is 2.07 bits per heavy atom. The molecule has 1 heterocycles. The van der Waals surface area contributed by atoms with Gasteiger partial charge in [0.05, 0.1) is 9.85 Å². The molecule has 8 nitrogen and oxygen atoms in total. The van der Waals surface area contributed by atoms with Crippen LogP contribution in [0.25, 0.3) is 0 Å². The Balaban J connectivity index is 3.52. The summed E-state index contributed by atoms with van der Waals surface area (Å²) in [5.41, 5.74) is -1.29. The minimum Gasteiger partial charge on any atom is -0.261 e. The van der Waals surface area contributed by atoms with E-state index in [9.17, 15) is 28.6 Å². The summed E-state index contributed by atoms with van der Waals surface area (Å²) < 4.78 is 19.8. The monoisotopic (exact) mass is 256 g/mol. The van der Waals surface area contributed by atoms with Gasteiger partial charge in [-0.2, -0.15) is 0 Å². The van der Waals surface area contributed by atoms with E-state index in [2.05, 4.69) is 0 Å². The molecule has 1 rings (SSSR count). The molecule has 1 aliphatic heterocycles. The third-order valence-electron chi connectivity index (χ3n) is 2.09. The number of halogens is 1. The zero-order valence-electron chi connectivity index (χ0n) is 7.34. The Labute approximate surface area is 88.7 Å². The molecule has 0 aromatic carbocycles. The van der Waals surface area contributed by atoms with E-state index in [1.165, 1.54) is 0 Å².